The number of aromatic nitrogens is 2. The molecule has 22 heavy (non-hydrogen) atoms. The molecule has 1 atom stereocenters. The van der Waals surface area contributed by atoms with Gasteiger partial charge in [-0.2, -0.15) is 0 Å². The van der Waals surface area contributed by atoms with Crippen LogP contribution in [0.25, 0.3) is 0 Å². The molecule has 1 N–H and O–H groups in total. The zero-order chi connectivity index (χ0) is 15.9. The van der Waals surface area contributed by atoms with Crippen LogP contribution in [0.1, 0.15) is 29.2 Å². The molecule has 0 aromatic carbocycles. The fraction of sp³-hybridized carbons (Fsp3) is 0.267. The zero-order valence-electron chi connectivity index (χ0n) is 12.4. The lowest BCUT2D eigenvalue weighted by Crippen LogP contribution is -2.35. The Bertz CT molecular complexity index is 798. The molecule has 2 amide bonds. The van der Waals surface area contributed by atoms with Crippen molar-refractivity contribution in [1.82, 2.24) is 14.9 Å². The van der Waals surface area contributed by atoms with Crippen molar-refractivity contribution < 1.29 is 9.59 Å². The summed E-state index contributed by atoms with van der Waals surface area (Å²) in [5.41, 5.74) is 3.58. The van der Waals surface area contributed by atoms with Crippen molar-refractivity contribution in [3.05, 3.63) is 45.6 Å². The molecule has 0 saturated carbocycles. The van der Waals surface area contributed by atoms with Crippen LogP contribution in [0.4, 0.5) is 0 Å². The van der Waals surface area contributed by atoms with E-state index in [1.165, 1.54) is 0 Å². The van der Waals surface area contributed by atoms with Crippen LogP contribution < -0.4 is 5.32 Å². The highest BCUT2D eigenvalue weighted by Crippen LogP contribution is 2.29. The van der Waals surface area contributed by atoms with Crippen molar-refractivity contribution in [2.75, 3.05) is 0 Å². The van der Waals surface area contributed by atoms with E-state index >= 15 is 0 Å². The van der Waals surface area contributed by atoms with Crippen molar-refractivity contribution in [2.24, 2.45) is 10.9 Å². The second-order valence-electron chi connectivity index (χ2n) is 5.23. The van der Waals surface area contributed by atoms with Gasteiger partial charge in [0.1, 0.15) is 4.88 Å². The van der Waals surface area contributed by atoms with E-state index in [9.17, 15) is 9.59 Å². The third kappa shape index (κ3) is 2.43. The summed E-state index contributed by atoms with van der Waals surface area (Å²) in [7, 11) is 0. The van der Waals surface area contributed by atoms with Crippen molar-refractivity contribution in [2.45, 2.75) is 20.8 Å². The smallest absolute Gasteiger partial charge is 0.291 e. The van der Waals surface area contributed by atoms with E-state index in [0.29, 0.717) is 16.3 Å². The number of amides is 2. The van der Waals surface area contributed by atoms with Crippen molar-refractivity contribution in [3.63, 3.8) is 0 Å². The van der Waals surface area contributed by atoms with Crippen LogP contribution in [0.2, 0.25) is 0 Å². The Labute approximate surface area is 131 Å². The fourth-order valence-electron chi connectivity index (χ4n) is 2.39. The Morgan fingerprint density at radius 2 is 2.14 bits per heavy atom. The molecule has 0 saturated heterocycles. The van der Waals surface area contributed by atoms with Crippen LogP contribution in [0.5, 0.6) is 0 Å². The van der Waals surface area contributed by atoms with Gasteiger partial charge < -0.3 is 5.32 Å². The Kier molecular flexibility index (Phi) is 3.58. The first-order valence-electron chi connectivity index (χ1n) is 6.78. The van der Waals surface area contributed by atoms with Gasteiger partial charge in [-0.15, -0.1) is 5.10 Å². The average molecular weight is 314 g/mol. The molecule has 0 radical (unpaired) electrons. The van der Waals surface area contributed by atoms with Crippen LogP contribution in [0, 0.1) is 12.8 Å². The Morgan fingerprint density at radius 3 is 2.82 bits per heavy atom. The first-order valence-corrected chi connectivity index (χ1v) is 7.55. The molecule has 7 heteroatoms. The van der Waals surface area contributed by atoms with E-state index < -0.39 is 0 Å². The van der Waals surface area contributed by atoms with Gasteiger partial charge >= 0.3 is 0 Å². The van der Waals surface area contributed by atoms with Gasteiger partial charge in [0, 0.05) is 17.2 Å². The van der Waals surface area contributed by atoms with E-state index in [0.717, 1.165) is 28.4 Å². The van der Waals surface area contributed by atoms with Gasteiger partial charge in [-0.3, -0.25) is 9.59 Å². The van der Waals surface area contributed by atoms with Crippen molar-refractivity contribution in [3.8, 4) is 0 Å². The molecule has 0 fully saturated rings. The standard InChI is InChI=1S/C15H14N4O2S/c1-7-8(2)14(20)17-12-6-10(4-5-11(7)12)16-15(21)13-9(3)18-19-22-13/h4-6,11H,1-3H3,(H,17,20). The lowest BCUT2D eigenvalue weighted by Gasteiger charge is -2.28. The predicted molar refractivity (Wildman–Crippen MR) is 83.6 cm³/mol. The maximum atomic E-state index is 12.1. The maximum absolute atomic E-state index is 12.1. The summed E-state index contributed by atoms with van der Waals surface area (Å²) in [5.74, 6) is -0.435. The summed E-state index contributed by atoms with van der Waals surface area (Å²) >= 11 is 1.03. The lowest BCUT2D eigenvalue weighted by molar-refractivity contribution is -0.117. The van der Waals surface area contributed by atoms with Gasteiger partial charge in [0.25, 0.3) is 11.8 Å². The van der Waals surface area contributed by atoms with Gasteiger partial charge in [0.2, 0.25) is 0 Å². The third-order valence-corrected chi connectivity index (χ3v) is 4.65. The van der Waals surface area contributed by atoms with Gasteiger partial charge in [-0.05, 0) is 44.5 Å². The molecule has 2 heterocycles. The summed E-state index contributed by atoms with van der Waals surface area (Å²) in [6.07, 6.45) is 5.47. The van der Waals surface area contributed by atoms with Crippen LogP contribution in [-0.2, 0) is 4.79 Å². The summed E-state index contributed by atoms with van der Waals surface area (Å²) in [5, 5.41) is 6.65. The number of hydrogen-bond donors (Lipinski definition) is 1. The normalized spacial score (nSPS) is 22.5. The zero-order valence-corrected chi connectivity index (χ0v) is 13.2. The second-order valence-corrected chi connectivity index (χ2v) is 5.98. The molecule has 1 aliphatic heterocycles. The fourth-order valence-corrected chi connectivity index (χ4v) is 2.93. The molecule has 0 spiro atoms. The second kappa shape index (κ2) is 5.42. The molecule has 1 aliphatic carbocycles. The Hall–Kier alpha value is -2.41. The number of aliphatic imine (C=N–C) groups is 1. The highest BCUT2D eigenvalue weighted by Gasteiger charge is 2.27. The maximum Gasteiger partial charge on any atom is 0.291 e. The van der Waals surface area contributed by atoms with Gasteiger partial charge in [0.05, 0.1) is 11.4 Å². The van der Waals surface area contributed by atoms with Crippen LogP contribution in [0.15, 0.2) is 40.1 Å². The monoisotopic (exact) mass is 314 g/mol. The number of rotatable bonds is 1. The van der Waals surface area contributed by atoms with Crippen LogP contribution in [-0.4, -0.2) is 27.1 Å². The number of allylic oxidation sites excluding steroid dienone is 3. The molecular weight excluding hydrogens is 300 g/mol. The van der Waals surface area contributed by atoms with E-state index in [2.05, 4.69) is 19.9 Å². The highest BCUT2D eigenvalue weighted by atomic mass is 32.1. The van der Waals surface area contributed by atoms with E-state index in [1.54, 1.807) is 19.1 Å². The number of carbonyl (C=O) groups excluding carboxylic acids is 2. The summed E-state index contributed by atoms with van der Waals surface area (Å²) < 4.78 is 3.73. The third-order valence-electron chi connectivity index (χ3n) is 3.83. The summed E-state index contributed by atoms with van der Waals surface area (Å²) in [6, 6.07) is 0. The topological polar surface area (TPSA) is 84.3 Å². The largest absolute Gasteiger partial charge is 0.325 e. The SMILES string of the molecule is CC1=C(C)C2C=CC(=NC(=O)c3snnc3C)C=C2NC1=O. The predicted octanol–water partition coefficient (Wildman–Crippen LogP) is 1.96. The van der Waals surface area contributed by atoms with E-state index in [-0.39, 0.29) is 17.7 Å². The molecule has 2 aliphatic rings. The number of hydrogen-bond acceptors (Lipinski definition) is 5. The van der Waals surface area contributed by atoms with Gasteiger partial charge in [-0.25, -0.2) is 4.99 Å². The molecule has 1 unspecified atom stereocenters. The summed E-state index contributed by atoms with van der Waals surface area (Å²) in [6.45, 7) is 5.47. The minimum absolute atomic E-state index is 0.0403. The Balaban J connectivity index is 1.91. The minimum Gasteiger partial charge on any atom is -0.325 e. The van der Waals surface area contributed by atoms with E-state index in [4.69, 9.17) is 0 Å². The Morgan fingerprint density at radius 1 is 1.36 bits per heavy atom. The van der Waals surface area contributed by atoms with Crippen molar-refractivity contribution >= 4 is 29.1 Å². The van der Waals surface area contributed by atoms with Gasteiger partial charge in [0.15, 0.2) is 0 Å². The quantitative estimate of drug-likeness (QED) is 0.859. The van der Waals surface area contributed by atoms with Gasteiger partial charge in [-0.1, -0.05) is 16.1 Å². The molecule has 1 aromatic heterocycles. The number of nitrogens with one attached hydrogen (secondary N) is 1. The number of aryl methyl sites for hydroxylation is 1. The van der Waals surface area contributed by atoms with E-state index in [1.807, 2.05) is 19.9 Å². The first kappa shape index (κ1) is 14.5. The summed E-state index contributed by atoms with van der Waals surface area (Å²) in [4.78, 5) is 28.5. The highest BCUT2D eigenvalue weighted by molar-refractivity contribution is 7.08. The molecule has 3 rings (SSSR count). The average Bonchev–Trinajstić information content (AvgIpc) is 2.91. The number of carbonyl (C=O) groups is 2. The molecule has 112 valence electrons. The molecular formula is C15H14N4O2S. The number of fused-ring (bicyclic) bond motifs is 1. The molecule has 0 bridgehead atoms. The van der Waals surface area contributed by atoms with Crippen LogP contribution in [0.3, 0.4) is 0 Å². The van der Waals surface area contributed by atoms with Crippen LogP contribution >= 0.6 is 11.5 Å². The lowest BCUT2D eigenvalue weighted by atomic mass is 9.85. The molecule has 6 nitrogen and oxygen atoms in total. The number of nitrogens with zero attached hydrogens (tertiary/aromatic N) is 3. The minimum atomic E-state index is -0.368. The molecule has 1 aromatic rings. The first-order chi connectivity index (χ1) is 10.5. The van der Waals surface area contributed by atoms with Crippen molar-refractivity contribution in [1.29, 1.82) is 0 Å².